The number of aromatic nitrogens is 2. The number of ether oxygens (including phenoxy) is 2. The van der Waals surface area contributed by atoms with E-state index < -0.39 is 17.3 Å². The first-order valence-electron chi connectivity index (χ1n) is 8.12. The van der Waals surface area contributed by atoms with E-state index in [4.69, 9.17) is 15.2 Å². The zero-order valence-electron chi connectivity index (χ0n) is 13.8. The lowest BCUT2D eigenvalue weighted by atomic mass is 10.0. The number of nitrogens with zero attached hydrogens (tertiary/aromatic N) is 2. The van der Waals surface area contributed by atoms with Crippen LogP contribution >= 0.6 is 0 Å². The maximum absolute atomic E-state index is 14.4. The predicted octanol–water partition coefficient (Wildman–Crippen LogP) is 0.683. The number of benzene rings is 1. The Hall–Kier alpha value is -2.89. The first-order chi connectivity index (χ1) is 12.5. The summed E-state index contributed by atoms with van der Waals surface area (Å²) in [6, 6.07) is 2.74. The van der Waals surface area contributed by atoms with Gasteiger partial charge in [-0.2, -0.15) is 0 Å². The van der Waals surface area contributed by atoms with Gasteiger partial charge in [-0.25, -0.2) is 9.37 Å². The van der Waals surface area contributed by atoms with Crippen molar-refractivity contribution in [2.75, 3.05) is 19.8 Å². The summed E-state index contributed by atoms with van der Waals surface area (Å²) in [5.41, 5.74) is 4.77. The summed E-state index contributed by atoms with van der Waals surface area (Å²) in [4.78, 5) is 15.7. The molecule has 0 saturated carbocycles. The smallest absolute Gasteiger partial charge is 0.268 e. The van der Waals surface area contributed by atoms with E-state index in [2.05, 4.69) is 16.8 Å². The number of aliphatic hydroxyl groups is 1. The van der Waals surface area contributed by atoms with Crippen molar-refractivity contribution in [1.82, 2.24) is 9.55 Å². The first-order valence-corrected chi connectivity index (χ1v) is 8.12. The van der Waals surface area contributed by atoms with Crippen molar-refractivity contribution in [1.29, 1.82) is 0 Å². The minimum absolute atomic E-state index is 0.0993. The van der Waals surface area contributed by atoms with Crippen LogP contribution in [0.4, 0.5) is 4.39 Å². The van der Waals surface area contributed by atoms with Crippen LogP contribution in [0.2, 0.25) is 0 Å². The van der Waals surface area contributed by atoms with E-state index in [1.807, 2.05) is 0 Å². The van der Waals surface area contributed by atoms with Gasteiger partial charge < -0.3 is 24.9 Å². The van der Waals surface area contributed by atoms with Gasteiger partial charge in [0.1, 0.15) is 29.7 Å². The molecule has 1 aromatic heterocycles. The van der Waals surface area contributed by atoms with Gasteiger partial charge in [0, 0.05) is 18.7 Å². The molecule has 0 radical (unpaired) electrons. The molecule has 1 aromatic carbocycles. The standard InChI is InChI=1S/C18H16FN3O4/c19-13-8-15-12(7-11(13)1-2-18(24)3-5-25-10-18)17-21-14(16(20)23)9-22(17)4-6-26-15/h7-9,24H,3-6,10H2,(H2,20,23). The molecule has 1 fully saturated rings. The third-order valence-electron chi connectivity index (χ3n) is 4.36. The van der Waals surface area contributed by atoms with Crippen molar-refractivity contribution in [3.8, 4) is 29.0 Å². The molecular weight excluding hydrogens is 341 g/mol. The highest BCUT2D eigenvalue weighted by molar-refractivity contribution is 5.91. The van der Waals surface area contributed by atoms with Crippen LogP contribution in [0, 0.1) is 17.7 Å². The van der Waals surface area contributed by atoms with Gasteiger partial charge in [-0.3, -0.25) is 4.79 Å². The number of hydrogen-bond donors (Lipinski definition) is 2. The molecule has 7 nitrogen and oxygen atoms in total. The second kappa shape index (κ2) is 6.12. The van der Waals surface area contributed by atoms with Gasteiger partial charge >= 0.3 is 0 Å². The number of carbonyl (C=O) groups is 1. The molecule has 2 aliphatic heterocycles. The lowest BCUT2D eigenvalue weighted by Gasteiger charge is -2.11. The molecule has 3 heterocycles. The number of amides is 1. The van der Waals surface area contributed by atoms with E-state index in [9.17, 15) is 14.3 Å². The Labute approximate surface area is 148 Å². The van der Waals surface area contributed by atoms with Gasteiger partial charge in [0.25, 0.3) is 5.91 Å². The van der Waals surface area contributed by atoms with Crippen LogP contribution in [0.3, 0.4) is 0 Å². The lowest BCUT2D eigenvalue weighted by molar-refractivity contribution is 0.0765. The van der Waals surface area contributed by atoms with Crippen LogP contribution in [-0.4, -0.2) is 46.0 Å². The van der Waals surface area contributed by atoms with E-state index >= 15 is 0 Å². The molecule has 2 aliphatic rings. The molecule has 134 valence electrons. The number of rotatable bonds is 1. The van der Waals surface area contributed by atoms with E-state index in [1.54, 1.807) is 10.8 Å². The van der Waals surface area contributed by atoms with Crippen LogP contribution in [0.15, 0.2) is 18.3 Å². The summed E-state index contributed by atoms with van der Waals surface area (Å²) in [5.74, 6) is 4.94. The molecule has 1 amide bonds. The zero-order chi connectivity index (χ0) is 18.3. The van der Waals surface area contributed by atoms with Gasteiger partial charge in [-0.05, 0) is 6.07 Å². The van der Waals surface area contributed by atoms with Crippen molar-refractivity contribution in [3.05, 3.63) is 35.4 Å². The van der Waals surface area contributed by atoms with Crippen molar-refractivity contribution in [3.63, 3.8) is 0 Å². The average molecular weight is 357 g/mol. The molecule has 2 aromatic rings. The second-order valence-corrected chi connectivity index (χ2v) is 6.27. The van der Waals surface area contributed by atoms with Crippen LogP contribution in [-0.2, 0) is 11.3 Å². The molecule has 0 spiro atoms. The number of hydrogen-bond acceptors (Lipinski definition) is 5. The maximum atomic E-state index is 14.4. The monoisotopic (exact) mass is 357 g/mol. The molecule has 1 saturated heterocycles. The molecular formula is C18H16FN3O4. The highest BCUT2D eigenvalue weighted by atomic mass is 19.1. The second-order valence-electron chi connectivity index (χ2n) is 6.27. The SMILES string of the molecule is NC(=O)c1cn2c(n1)-c1cc(C#CC3(O)CCOC3)c(F)cc1OCC2. The van der Waals surface area contributed by atoms with Crippen LogP contribution in [0.1, 0.15) is 22.5 Å². The quantitative estimate of drug-likeness (QED) is 0.732. The number of carbonyl (C=O) groups excluding carboxylic acids is 1. The third-order valence-corrected chi connectivity index (χ3v) is 4.36. The summed E-state index contributed by atoms with van der Waals surface area (Å²) in [7, 11) is 0. The molecule has 0 aliphatic carbocycles. The molecule has 1 unspecified atom stereocenters. The average Bonchev–Trinajstić information content (AvgIpc) is 3.18. The number of primary amides is 1. The van der Waals surface area contributed by atoms with Crippen LogP contribution in [0.5, 0.6) is 5.75 Å². The number of imidazole rings is 1. The van der Waals surface area contributed by atoms with Gasteiger partial charge in [0.15, 0.2) is 5.60 Å². The van der Waals surface area contributed by atoms with Gasteiger partial charge in [-0.1, -0.05) is 11.8 Å². The Balaban J connectivity index is 1.80. The fourth-order valence-electron chi connectivity index (χ4n) is 2.96. The summed E-state index contributed by atoms with van der Waals surface area (Å²) in [5, 5.41) is 10.2. The molecule has 8 heteroatoms. The highest BCUT2D eigenvalue weighted by Gasteiger charge is 2.30. The first kappa shape index (κ1) is 16.6. The van der Waals surface area contributed by atoms with Gasteiger partial charge in [0.2, 0.25) is 0 Å². The summed E-state index contributed by atoms with van der Waals surface area (Å²) >= 11 is 0. The lowest BCUT2D eigenvalue weighted by Crippen LogP contribution is -2.26. The Morgan fingerprint density at radius 3 is 3.00 bits per heavy atom. The Bertz CT molecular complexity index is 951. The molecule has 0 bridgehead atoms. The fraction of sp³-hybridized carbons (Fsp3) is 0.333. The van der Waals surface area contributed by atoms with Crippen LogP contribution in [0.25, 0.3) is 11.4 Å². The molecule has 4 rings (SSSR count). The maximum Gasteiger partial charge on any atom is 0.268 e. The van der Waals surface area contributed by atoms with E-state index in [0.29, 0.717) is 43.3 Å². The zero-order valence-corrected chi connectivity index (χ0v) is 13.8. The minimum Gasteiger partial charge on any atom is -0.491 e. The molecule has 26 heavy (non-hydrogen) atoms. The highest BCUT2D eigenvalue weighted by Crippen LogP contribution is 2.34. The number of fused-ring (bicyclic) bond motifs is 3. The van der Waals surface area contributed by atoms with Crippen LogP contribution < -0.4 is 10.5 Å². The van der Waals surface area contributed by atoms with Crippen molar-refractivity contribution in [2.45, 2.75) is 18.6 Å². The normalized spacial score (nSPS) is 21.0. The Morgan fingerprint density at radius 1 is 1.42 bits per heavy atom. The van der Waals surface area contributed by atoms with Gasteiger partial charge in [0.05, 0.1) is 30.9 Å². The number of nitrogens with two attached hydrogens (primary N) is 1. The topological polar surface area (TPSA) is 99.6 Å². The van der Waals surface area contributed by atoms with Crippen molar-refractivity contribution < 1.29 is 23.8 Å². The molecule has 3 N–H and O–H groups in total. The van der Waals surface area contributed by atoms with E-state index in [0.717, 1.165) is 0 Å². The summed E-state index contributed by atoms with van der Waals surface area (Å²) in [6.45, 7) is 1.27. The molecule has 1 atom stereocenters. The van der Waals surface area contributed by atoms with E-state index in [-0.39, 0.29) is 17.9 Å². The Kier molecular flexibility index (Phi) is 3.90. The third kappa shape index (κ3) is 2.92. The number of halogens is 1. The fourth-order valence-corrected chi connectivity index (χ4v) is 2.96. The largest absolute Gasteiger partial charge is 0.491 e. The predicted molar refractivity (Wildman–Crippen MR) is 88.9 cm³/mol. The van der Waals surface area contributed by atoms with E-state index in [1.165, 1.54) is 12.1 Å². The van der Waals surface area contributed by atoms with Crippen molar-refractivity contribution >= 4 is 5.91 Å². The van der Waals surface area contributed by atoms with Crippen molar-refractivity contribution in [2.24, 2.45) is 5.73 Å². The summed E-state index contributed by atoms with van der Waals surface area (Å²) < 4.78 is 26.9. The minimum atomic E-state index is -1.27. The summed E-state index contributed by atoms with van der Waals surface area (Å²) in [6.07, 6.45) is 1.92. The Morgan fingerprint density at radius 2 is 2.27 bits per heavy atom. The van der Waals surface area contributed by atoms with Gasteiger partial charge in [-0.15, -0.1) is 0 Å².